The first-order valence-corrected chi connectivity index (χ1v) is 13.0. The molecule has 37 heavy (non-hydrogen) atoms. The lowest BCUT2D eigenvalue weighted by Gasteiger charge is -2.37. The van der Waals surface area contributed by atoms with Gasteiger partial charge in [0.05, 0.1) is 15.6 Å². The molecule has 1 aromatic carbocycles. The van der Waals surface area contributed by atoms with Crippen molar-refractivity contribution in [1.29, 1.82) is 0 Å². The Morgan fingerprint density at radius 2 is 1.59 bits per heavy atom. The van der Waals surface area contributed by atoms with E-state index >= 15 is 0 Å². The maximum atomic E-state index is 13.5. The summed E-state index contributed by atoms with van der Waals surface area (Å²) in [7, 11) is 0. The molecule has 2 aliphatic heterocycles. The van der Waals surface area contributed by atoms with Crippen molar-refractivity contribution in [3.05, 3.63) is 52.1 Å². The molecule has 3 aromatic rings. The molecule has 0 aliphatic carbocycles. The minimum Gasteiger partial charge on any atom is -0.353 e. The highest BCUT2D eigenvalue weighted by atomic mass is 35.5. The van der Waals surface area contributed by atoms with Crippen LogP contribution in [0.4, 0.5) is 30.9 Å². The Hall–Kier alpha value is -2.85. The maximum Gasteiger partial charge on any atom is 0.419 e. The van der Waals surface area contributed by atoms with Crippen molar-refractivity contribution in [2.45, 2.75) is 38.4 Å². The van der Waals surface area contributed by atoms with Crippen LogP contribution in [0.2, 0.25) is 10.0 Å². The lowest BCUT2D eigenvalue weighted by Crippen LogP contribution is -2.48. The Labute approximate surface area is 223 Å². The number of alkyl halides is 3. The summed E-state index contributed by atoms with van der Waals surface area (Å²) in [4.78, 5) is 24.2. The summed E-state index contributed by atoms with van der Waals surface area (Å²) in [6.45, 7) is 4.58. The number of hydrogen-bond donors (Lipinski definition) is 0. The Morgan fingerprint density at radius 1 is 0.865 bits per heavy atom. The van der Waals surface area contributed by atoms with E-state index in [1.165, 1.54) is 12.3 Å². The zero-order valence-corrected chi connectivity index (χ0v) is 21.7. The molecule has 0 N–H and O–H groups in total. The van der Waals surface area contributed by atoms with Crippen LogP contribution < -0.4 is 14.7 Å². The van der Waals surface area contributed by atoms with Gasteiger partial charge in [0, 0.05) is 50.5 Å². The number of nitrogens with zero attached hydrogens (tertiary/aromatic N) is 7. The number of piperidine rings is 1. The summed E-state index contributed by atoms with van der Waals surface area (Å²) in [5.41, 5.74) is -0.0159. The number of rotatable bonds is 4. The first-order valence-electron chi connectivity index (χ1n) is 12.2. The lowest BCUT2D eigenvalue weighted by atomic mass is 10.0. The maximum absolute atomic E-state index is 13.5. The smallest absolute Gasteiger partial charge is 0.353 e. The predicted octanol–water partition coefficient (Wildman–Crippen LogP) is 5.96. The molecule has 1 atom stereocenters. The van der Waals surface area contributed by atoms with Crippen LogP contribution in [0.3, 0.4) is 0 Å². The van der Waals surface area contributed by atoms with Crippen LogP contribution in [0.15, 0.2) is 36.5 Å². The van der Waals surface area contributed by atoms with Gasteiger partial charge in [-0.3, -0.25) is 0 Å². The fourth-order valence-electron chi connectivity index (χ4n) is 4.77. The van der Waals surface area contributed by atoms with Gasteiger partial charge in [0.15, 0.2) is 5.82 Å². The van der Waals surface area contributed by atoms with Crippen molar-refractivity contribution in [3.63, 3.8) is 0 Å². The van der Waals surface area contributed by atoms with E-state index in [0.717, 1.165) is 31.9 Å². The van der Waals surface area contributed by atoms with E-state index in [0.29, 0.717) is 59.5 Å². The Balaban J connectivity index is 1.44. The molecule has 2 fully saturated rings. The van der Waals surface area contributed by atoms with Gasteiger partial charge in [-0.1, -0.05) is 23.2 Å². The van der Waals surface area contributed by atoms with Crippen molar-refractivity contribution < 1.29 is 13.2 Å². The van der Waals surface area contributed by atoms with Gasteiger partial charge in [-0.25, -0.2) is 4.98 Å². The van der Waals surface area contributed by atoms with Crippen LogP contribution in [0.25, 0.3) is 11.4 Å². The van der Waals surface area contributed by atoms with E-state index < -0.39 is 11.7 Å². The molecule has 0 radical (unpaired) electrons. The van der Waals surface area contributed by atoms with E-state index in [1.807, 2.05) is 11.0 Å². The van der Waals surface area contributed by atoms with Crippen LogP contribution in [-0.4, -0.2) is 58.7 Å². The second-order valence-electron chi connectivity index (χ2n) is 9.27. The van der Waals surface area contributed by atoms with E-state index in [2.05, 4.69) is 16.8 Å². The molecule has 2 aliphatic rings. The third-order valence-corrected chi connectivity index (χ3v) is 7.54. The molecule has 12 heteroatoms. The second-order valence-corrected chi connectivity index (χ2v) is 10.1. The number of benzene rings is 1. The average molecular weight is 552 g/mol. The fourth-order valence-corrected chi connectivity index (χ4v) is 5.07. The van der Waals surface area contributed by atoms with Crippen LogP contribution >= 0.6 is 23.2 Å². The van der Waals surface area contributed by atoms with Crippen LogP contribution in [0.1, 0.15) is 31.7 Å². The van der Waals surface area contributed by atoms with Crippen molar-refractivity contribution >= 4 is 40.9 Å². The van der Waals surface area contributed by atoms with Gasteiger partial charge in [-0.05, 0) is 56.5 Å². The minimum atomic E-state index is -4.47. The molecule has 0 amide bonds. The van der Waals surface area contributed by atoms with Crippen molar-refractivity contribution in [1.82, 2.24) is 19.9 Å². The van der Waals surface area contributed by atoms with Gasteiger partial charge in [0.25, 0.3) is 0 Å². The zero-order valence-electron chi connectivity index (χ0n) is 20.2. The highest BCUT2D eigenvalue weighted by Gasteiger charge is 2.36. The molecule has 0 spiro atoms. The first-order chi connectivity index (χ1) is 17.7. The largest absolute Gasteiger partial charge is 0.419 e. The molecule has 4 heterocycles. The SMILES string of the molecule is CC1CCCCN1c1nc(-c2ccc(Cl)c(Cl)c2)nc(N2CCN(c3ncccc3C(F)(F)F)CC2)n1. The Morgan fingerprint density at radius 3 is 2.30 bits per heavy atom. The van der Waals surface area contributed by atoms with Crippen molar-refractivity contribution in [2.75, 3.05) is 47.4 Å². The van der Waals surface area contributed by atoms with E-state index in [-0.39, 0.29) is 11.9 Å². The van der Waals surface area contributed by atoms with Gasteiger partial charge in [-0.2, -0.15) is 28.1 Å². The topological polar surface area (TPSA) is 61.3 Å². The first kappa shape index (κ1) is 25.8. The number of hydrogen-bond acceptors (Lipinski definition) is 7. The van der Waals surface area contributed by atoms with Gasteiger partial charge >= 0.3 is 6.18 Å². The van der Waals surface area contributed by atoms with Crippen molar-refractivity contribution in [3.8, 4) is 11.4 Å². The van der Waals surface area contributed by atoms with E-state index in [1.54, 1.807) is 17.0 Å². The number of anilines is 3. The highest BCUT2D eigenvalue weighted by Crippen LogP contribution is 2.36. The van der Waals surface area contributed by atoms with Gasteiger partial charge in [-0.15, -0.1) is 0 Å². The molecule has 5 rings (SSSR count). The monoisotopic (exact) mass is 551 g/mol. The lowest BCUT2D eigenvalue weighted by molar-refractivity contribution is -0.137. The molecule has 0 saturated carbocycles. The number of pyridine rings is 1. The zero-order chi connectivity index (χ0) is 26.2. The van der Waals surface area contributed by atoms with Crippen molar-refractivity contribution in [2.24, 2.45) is 0 Å². The predicted molar refractivity (Wildman–Crippen MR) is 140 cm³/mol. The molecule has 0 bridgehead atoms. The number of piperazine rings is 1. The van der Waals surface area contributed by atoms with Crippen LogP contribution in [0, 0.1) is 0 Å². The summed E-state index contributed by atoms with van der Waals surface area (Å²) in [6.07, 6.45) is 0.179. The Bertz CT molecular complexity index is 1270. The quantitative estimate of drug-likeness (QED) is 0.396. The summed E-state index contributed by atoms with van der Waals surface area (Å²) >= 11 is 12.4. The summed E-state index contributed by atoms with van der Waals surface area (Å²) in [5.74, 6) is 1.50. The van der Waals surface area contributed by atoms with Crippen LogP contribution in [-0.2, 0) is 6.18 Å². The standard InChI is InChI=1S/C25H26Cl2F3N7/c1-16-5-2-3-10-37(16)24-33-21(17-7-8-19(26)20(27)15-17)32-23(34-24)36-13-11-35(12-14-36)22-18(25(28,29)30)6-4-9-31-22/h4,6-9,15-16H,2-3,5,10-14H2,1H3. The molecule has 7 nitrogen and oxygen atoms in total. The van der Waals surface area contributed by atoms with Gasteiger partial charge < -0.3 is 14.7 Å². The second kappa shape index (κ2) is 10.5. The summed E-state index contributed by atoms with van der Waals surface area (Å²) in [5, 5.41) is 0.840. The third kappa shape index (κ3) is 5.55. The normalized spacial score (nSPS) is 18.9. The third-order valence-electron chi connectivity index (χ3n) is 6.80. The summed E-state index contributed by atoms with van der Waals surface area (Å²) < 4.78 is 40.6. The average Bonchev–Trinajstić information content (AvgIpc) is 2.90. The number of aromatic nitrogens is 4. The molecular weight excluding hydrogens is 526 g/mol. The molecule has 2 aromatic heterocycles. The fraction of sp³-hybridized carbons (Fsp3) is 0.440. The molecular formula is C25H26Cl2F3N7. The summed E-state index contributed by atoms with van der Waals surface area (Å²) in [6, 6.07) is 7.90. The van der Waals surface area contributed by atoms with E-state index in [4.69, 9.17) is 38.2 Å². The minimum absolute atomic E-state index is 0.0513. The molecule has 1 unspecified atom stereocenters. The number of halogens is 5. The molecule has 196 valence electrons. The van der Waals surface area contributed by atoms with Gasteiger partial charge in [0.1, 0.15) is 5.82 Å². The molecule has 2 saturated heterocycles. The van der Waals surface area contributed by atoms with Crippen LogP contribution in [0.5, 0.6) is 0 Å². The van der Waals surface area contributed by atoms with E-state index in [9.17, 15) is 13.2 Å². The highest BCUT2D eigenvalue weighted by molar-refractivity contribution is 6.42. The van der Waals surface area contributed by atoms with Gasteiger partial charge in [0.2, 0.25) is 11.9 Å². The Kier molecular flexibility index (Phi) is 7.31.